The van der Waals surface area contributed by atoms with Crippen molar-refractivity contribution in [1.29, 1.82) is 0 Å². The maximum absolute atomic E-state index is 6.15. The van der Waals surface area contributed by atoms with Crippen LogP contribution in [0.4, 0.5) is 0 Å². The van der Waals surface area contributed by atoms with Gasteiger partial charge in [0.15, 0.2) is 0 Å². The van der Waals surface area contributed by atoms with E-state index in [9.17, 15) is 0 Å². The highest BCUT2D eigenvalue weighted by molar-refractivity contribution is 6.34. The highest BCUT2D eigenvalue weighted by atomic mass is 35.5. The van der Waals surface area contributed by atoms with Gasteiger partial charge in [0.05, 0.1) is 10.1 Å². The van der Waals surface area contributed by atoms with Crippen molar-refractivity contribution in [2.75, 3.05) is 0 Å². The molecule has 0 aromatic heterocycles. The molecule has 0 aliphatic rings. The van der Waals surface area contributed by atoms with E-state index in [1.165, 1.54) is 0 Å². The molecule has 0 aromatic rings. The first-order valence-electron chi connectivity index (χ1n) is 6.46. The van der Waals surface area contributed by atoms with Crippen LogP contribution in [0.15, 0.2) is 21.2 Å². The summed E-state index contributed by atoms with van der Waals surface area (Å²) in [4.78, 5) is 0. The summed E-state index contributed by atoms with van der Waals surface area (Å²) in [5.41, 5.74) is 2.26. The molecule has 0 saturated heterocycles. The third-order valence-electron chi connectivity index (χ3n) is 2.46. The lowest BCUT2D eigenvalue weighted by Gasteiger charge is -2.05. The molecule has 102 valence electrons. The Morgan fingerprint density at radius 2 is 1.06 bits per heavy atom. The quantitative estimate of drug-likeness (QED) is 0.547. The Morgan fingerprint density at radius 3 is 1.28 bits per heavy atom. The van der Waals surface area contributed by atoms with Crippen molar-refractivity contribution >= 4 is 23.2 Å². The number of hydrogen-bond acceptors (Lipinski definition) is 0. The van der Waals surface area contributed by atoms with E-state index in [1.54, 1.807) is 0 Å². The van der Waals surface area contributed by atoms with Crippen LogP contribution in [-0.2, 0) is 0 Å². The molecule has 0 spiro atoms. The minimum Gasteiger partial charge on any atom is -0.0745 e. The average molecular weight is 287 g/mol. The Morgan fingerprint density at radius 1 is 0.778 bits per heavy atom. The lowest BCUT2D eigenvalue weighted by atomic mass is 10.0. The fraction of sp³-hybridized carbons (Fsp3) is 0.625. The van der Waals surface area contributed by atoms with Crippen LogP contribution >= 0.6 is 23.2 Å². The highest BCUT2D eigenvalue weighted by Gasteiger charge is 2.02. The van der Waals surface area contributed by atoms with Crippen LogP contribution in [0.1, 0.15) is 54.4 Å². The van der Waals surface area contributed by atoms with Crippen molar-refractivity contribution in [2.24, 2.45) is 11.8 Å². The smallest absolute Gasteiger partial charge is 0.0745 e. The first kappa shape index (κ1) is 17.6. The van der Waals surface area contributed by atoms with Gasteiger partial charge in [-0.15, -0.1) is 0 Å². The summed E-state index contributed by atoms with van der Waals surface area (Å²) in [6, 6.07) is 0. The van der Waals surface area contributed by atoms with Gasteiger partial charge in [-0.3, -0.25) is 0 Å². The van der Waals surface area contributed by atoms with E-state index >= 15 is 0 Å². The average Bonchev–Trinajstić information content (AvgIpc) is 2.23. The lowest BCUT2D eigenvalue weighted by Crippen LogP contribution is -1.90. The van der Waals surface area contributed by atoms with Gasteiger partial charge in [0, 0.05) is 0 Å². The molecule has 0 amide bonds. The molecule has 0 N–H and O–H groups in total. The second-order valence-electron chi connectivity index (χ2n) is 5.63. The van der Waals surface area contributed by atoms with E-state index in [4.69, 9.17) is 23.2 Å². The third kappa shape index (κ3) is 7.85. The van der Waals surface area contributed by atoms with E-state index in [0.29, 0.717) is 21.9 Å². The van der Waals surface area contributed by atoms with Crippen LogP contribution < -0.4 is 0 Å². The Balaban J connectivity index is 4.85. The minimum atomic E-state index is 0.592. The molecule has 18 heavy (non-hydrogen) atoms. The van der Waals surface area contributed by atoms with Gasteiger partial charge in [0.1, 0.15) is 0 Å². The molecule has 0 heterocycles. The summed E-state index contributed by atoms with van der Waals surface area (Å²) in [7, 11) is 0. The summed E-state index contributed by atoms with van der Waals surface area (Å²) in [6.45, 7) is 12.7. The fourth-order valence-electron chi connectivity index (χ4n) is 1.73. The van der Waals surface area contributed by atoms with Crippen molar-refractivity contribution in [3.63, 3.8) is 0 Å². The molecular weight excluding hydrogens is 263 g/mol. The van der Waals surface area contributed by atoms with Crippen LogP contribution in [0.3, 0.4) is 0 Å². The van der Waals surface area contributed by atoms with Crippen LogP contribution in [0, 0.1) is 23.7 Å². The molecule has 0 nitrogen and oxygen atoms in total. The molecule has 2 heteroatoms. The Hall–Kier alpha value is -0.380. The number of allylic oxidation sites excluding steroid dienone is 4. The molecular formula is C16H24Cl2. The third-order valence-corrected chi connectivity index (χ3v) is 3.29. The van der Waals surface area contributed by atoms with Crippen molar-refractivity contribution in [2.45, 2.75) is 54.4 Å². The Kier molecular flexibility index (Phi) is 8.49. The van der Waals surface area contributed by atoms with E-state index in [-0.39, 0.29) is 0 Å². The molecule has 0 radical (unpaired) electrons. The van der Waals surface area contributed by atoms with E-state index in [1.807, 2.05) is 13.8 Å². The van der Waals surface area contributed by atoms with Gasteiger partial charge in [-0.05, 0) is 61.5 Å². The van der Waals surface area contributed by atoms with Gasteiger partial charge in [0.2, 0.25) is 0 Å². The van der Waals surface area contributed by atoms with Crippen molar-refractivity contribution in [1.82, 2.24) is 0 Å². The fourth-order valence-corrected chi connectivity index (χ4v) is 1.98. The monoisotopic (exact) mass is 286 g/mol. The van der Waals surface area contributed by atoms with Crippen LogP contribution in [0.25, 0.3) is 0 Å². The Labute approximate surface area is 122 Å². The predicted octanol–water partition coefficient (Wildman–Crippen LogP) is 6.11. The van der Waals surface area contributed by atoms with Gasteiger partial charge >= 0.3 is 0 Å². The normalized spacial score (nSPS) is 14.1. The Bertz CT molecular complexity index is 351. The van der Waals surface area contributed by atoms with Gasteiger partial charge in [0.25, 0.3) is 0 Å². The number of hydrogen-bond donors (Lipinski definition) is 0. The molecule has 0 atom stereocenters. The zero-order valence-electron chi connectivity index (χ0n) is 12.3. The van der Waals surface area contributed by atoms with E-state index in [2.05, 4.69) is 39.5 Å². The predicted molar refractivity (Wildman–Crippen MR) is 83.8 cm³/mol. The number of halogens is 2. The topological polar surface area (TPSA) is 0 Å². The molecule has 0 aliphatic carbocycles. The summed E-state index contributed by atoms with van der Waals surface area (Å²) in [5.74, 6) is 7.08. The SMILES string of the molecule is C/C(CC(C)C)=C(/Cl)C#C/C(Cl)=C(/C)CC(C)C. The zero-order valence-corrected chi connectivity index (χ0v) is 13.8. The highest BCUT2D eigenvalue weighted by Crippen LogP contribution is 2.19. The molecule has 0 rings (SSSR count). The van der Waals surface area contributed by atoms with E-state index in [0.717, 1.165) is 24.0 Å². The molecule has 0 unspecified atom stereocenters. The molecule has 0 aromatic carbocycles. The van der Waals surface area contributed by atoms with Gasteiger partial charge in [-0.1, -0.05) is 50.9 Å². The first-order valence-corrected chi connectivity index (χ1v) is 7.22. The van der Waals surface area contributed by atoms with Crippen molar-refractivity contribution in [3.05, 3.63) is 21.2 Å². The molecule has 0 aliphatic heterocycles. The van der Waals surface area contributed by atoms with Crippen molar-refractivity contribution < 1.29 is 0 Å². The van der Waals surface area contributed by atoms with Crippen molar-refractivity contribution in [3.8, 4) is 11.8 Å². The zero-order chi connectivity index (χ0) is 14.3. The largest absolute Gasteiger partial charge is 0.0897 e. The molecule has 0 fully saturated rings. The maximum atomic E-state index is 6.15. The minimum absolute atomic E-state index is 0.592. The van der Waals surface area contributed by atoms with Crippen LogP contribution in [0.2, 0.25) is 0 Å². The lowest BCUT2D eigenvalue weighted by molar-refractivity contribution is 0.641. The first-order chi connectivity index (χ1) is 8.23. The summed E-state index contributed by atoms with van der Waals surface area (Å²) in [5, 5.41) is 1.25. The van der Waals surface area contributed by atoms with Crippen LogP contribution in [-0.4, -0.2) is 0 Å². The summed E-state index contributed by atoms with van der Waals surface area (Å²) in [6.07, 6.45) is 1.94. The second-order valence-corrected chi connectivity index (χ2v) is 6.39. The second kappa shape index (κ2) is 8.68. The standard InChI is InChI=1S/C16H24Cl2/c1-11(2)9-13(5)15(17)7-8-16(18)14(6)10-12(3)4/h11-12H,9-10H2,1-6H3/b15-13-,16-14+. The van der Waals surface area contributed by atoms with Gasteiger partial charge < -0.3 is 0 Å². The van der Waals surface area contributed by atoms with E-state index < -0.39 is 0 Å². The van der Waals surface area contributed by atoms with Gasteiger partial charge in [-0.25, -0.2) is 0 Å². The van der Waals surface area contributed by atoms with Gasteiger partial charge in [-0.2, -0.15) is 0 Å². The summed E-state index contributed by atoms with van der Waals surface area (Å²) < 4.78 is 0. The molecule has 0 saturated carbocycles. The maximum Gasteiger partial charge on any atom is 0.0897 e. The van der Waals surface area contributed by atoms with Crippen LogP contribution in [0.5, 0.6) is 0 Å². The molecule has 0 bridgehead atoms. The number of rotatable bonds is 4. The summed E-state index contributed by atoms with van der Waals surface area (Å²) >= 11 is 12.3.